The Hall–Kier alpha value is -2.33. The van der Waals surface area contributed by atoms with Crippen molar-refractivity contribution in [1.29, 1.82) is 0 Å². The third-order valence-corrected chi connectivity index (χ3v) is 3.68. The monoisotopic (exact) mass is 280 g/mol. The summed E-state index contributed by atoms with van der Waals surface area (Å²) in [5, 5.41) is 0. The average Bonchev–Trinajstić information content (AvgIpc) is 2.81. The van der Waals surface area contributed by atoms with Crippen molar-refractivity contribution in [2.45, 2.75) is 13.1 Å². The third-order valence-electron chi connectivity index (χ3n) is 3.68. The van der Waals surface area contributed by atoms with E-state index in [1.807, 2.05) is 24.3 Å². The van der Waals surface area contributed by atoms with E-state index >= 15 is 0 Å². The van der Waals surface area contributed by atoms with Gasteiger partial charge in [-0.05, 0) is 24.7 Å². The molecule has 3 aromatic rings. The number of imidazole rings is 1. The Kier molecular flexibility index (Phi) is 3.88. The van der Waals surface area contributed by atoms with Crippen LogP contribution in [0, 0.1) is 0 Å². The first kappa shape index (κ1) is 13.6. The van der Waals surface area contributed by atoms with Crippen molar-refractivity contribution in [2.75, 3.05) is 19.3 Å². The molecule has 21 heavy (non-hydrogen) atoms. The first-order valence-corrected chi connectivity index (χ1v) is 7.17. The Morgan fingerprint density at radius 1 is 1.05 bits per heavy atom. The smallest absolute Gasteiger partial charge is 0.201 e. The van der Waals surface area contributed by atoms with Crippen LogP contribution in [-0.4, -0.2) is 28.0 Å². The van der Waals surface area contributed by atoms with Gasteiger partial charge in [-0.25, -0.2) is 4.98 Å². The summed E-state index contributed by atoms with van der Waals surface area (Å²) in [7, 11) is 2.13. The van der Waals surface area contributed by atoms with Gasteiger partial charge >= 0.3 is 0 Å². The lowest BCUT2D eigenvalue weighted by molar-refractivity contribution is 0.314. The highest BCUT2D eigenvalue weighted by molar-refractivity contribution is 5.78. The Morgan fingerprint density at radius 3 is 2.57 bits per heavy atom. The number of hydrogen-bond acceptors (Lipinski definition) is 3. The van der Waals surface area contributed by atoms with Gasteiger partial charge in [0.1, 0.15) is 0 Å². The molecule has 0 unspecified atom stereocenters. The number of nitrogens with two attached hydrogens (primary N) is 1. The molecule has 0 fully saturated rings. The van der Waals surface area contributed by atoms with E-state index in [4.69, 9.17) is 5.73 Å². The molecule has 2 N–H and O–H groups in total. The molecule has 2 aromatic carbocycles. The summed E-state index contributed by atoms with van der Waals surface area (Å²) in [6, 6.07) is 18.6. The fraction of sp³-hybridized carbons (Fsp3) is 0.235. The van der Waals surface area contributed by atoms with Gasteiger partial charge < -0.3 is 15.2 Å². The molecule has 0 saturated carbocycles. The van der Waals surface area contributed by atoms with Crippen LogP contribution in [-0.2, 0) is 13.1 Å². The highest BCUT2D eigenvalue weighted by atomic mass is 15.2. The molecule has 3 rings (SSSR count). The predicted octanol–water partition coefficient (Wildman–Crippen LogP) is 2.75. The van der Waals surface area contributed by atoms with E-state index in [1.165, 1.54) is 5.56 Å². The number of hydrogen-bond donors (Lipinski definition) is 1. The number of nitrogen functional groups attached to an aromatic ring is 1. The first-order valence-electron chi connectivity index (χ1n) is 7.17. The van der Waals surface area contributed by atoms with Crippen molar-refractivity contribution in [1.82, 2.24) is 14.5 Å². The molecular weight excluding hydrogens is 260 g/mol. The first-order chi connectivity index (χ1) is 10.2. The maximum atomic E-state index is 6.03. The quantitative estimate of drug-likeness (QED) is 0.781. The van der Waals surface area contributed by atoms with Crippen LogP contribution in [0.3, 0.4) is 0 Å². The molecule has 1 aromatic heterocycles. The average molecular weight is 280 g/mol. The molecule has 4 nitrogen and oxygen atoms in total. The molecular formula is C17H20N4. The second-order valence-electron chi connectivity index (χ2n) is 5.33. The molecule has 4 heteroatoms. The van der Waals surface area contributed by atoms with E-state index in [-0.39, 0.29) is 0 Å². The summed E-state index contributed by atoms with van der Waals surface area (Å²) < 4.78 is 2.08. The van der Waals surface area contributed by atoms with Crippen LogP contribution < -0.4 is 5.73 Å². The van der Waals surface area contributed by atoms with Crippen molar-refractivity contribution in [3.8, 4) is 0 Å². The number of rotatable bonds is 5. The topological polar surface area (TPSA) is 47.1 Å². The lowest BCUT2D eigenvalue weighted by atomic mass is 10.2. The molecule has 0 saturated heterocycles. The van der Waals surface area contributed by atoms with Gasteiger partial charge in [-0.1, -0.05) is 42.5 Å². The Morgan fingerprint density at radius 2 is 1.76 bits per heavy atom. The highest BCUT2D eigenvalue weighted by Gasteiger charge is 2.08. The summed E-state index contributed by atoms with van der Waals surface area (Å²) in [5.74, 6) is 0.587. The van der Waals surface area contributed by atoms with Crippen molar-refractivity contribution >= 4 is 17.0 Å². The van der Waals surface area contributed by atoms with Gasteiger partial charge in [0, 0.05) is 19.6 Å². The lowest BCUT2D eigenvalue weighted by Gasteiger charge is -2.17. The molecule has 0 bridgehead atoms. The minimum absolute atomic E-state index is 0.587. The van der Waals surface area contributed by atoms with Crippen LogP contribution in [0.4, 0.5) is 5.95 Å². The van der Waals surface area contributed by atoms with Crippen molar-refractivity contribution in [3.63, 3.8) is 0 Å². The van der Waals surface area contributed by atoms with Gasteiger partial charge in [0.2, 0.25) is 5.95 Å². The normalized spacial score (nSPS) is 11.3. The number of likely N-dealkylation sites (N-methyl/N-ethyl adjacent to an activating group) is 1. The van der Waals surface area contributed by atoms with E-state index in [2.05, 4.69) is 51.8 Å². The minimum atomic E-state index is 0.587. The van der Waals surface area contributed by atoms with Crippen molar-refractivity contribution in [2.24, 2.45) is 0 Å². The lowest BCUT2D eigenvalue weighted by Crippen LogP contribution is -2.23. The van der Waals surface area contributed by atoms with Crippen LogP contribution in [0.5, 0.6) is 0 Å². The zero-order valence-corrected chi connectivity index (χ0v) is 12.2. The molecule has 1 heterocycles. The minimum Gasteiger partial charge on any atom is -0.369 e. The highest BCUT2D eigenvalue weighted by Crippen LogP contribution is 2.17. The van der Waals surface area contributed by atoms with E-state index < -0.39 is 0 Å². The standard InChI is InChI=1S/C17H20N4/c1-20(13-14-7-3-2-4-8-14)11-12-21-16-10-6-5-9-15(16)19-17(21)18/h2-10H,11-13H2,1H3,(H2,18,19). The molecule has 0 aliphatic rings. The summed E-state index contributed by atoms with van der Waals surface area (Å²) in [6.45, 7) is 2.71. The second kappa shape index (κ2) is 5.97. The molecule has 0 spiro atoms. The van der Waals surface area contributed by atoms with Gasteiger partial charge in [-0.15, -0.1) is 0 Å². The van der Waals surface area contributed by atoms with E-state index in [9.17, 15) is 0 Å². The summed E-state index contributed by atoms with van der Waals surface area (Å²) in [4.78, 5) is 6.69. The summed E-state index contributed by atoms with van der Waals surface area (Å²) in [6.07, 6.45) is 0. The predicted molar refractivity (Wildman–Crippen MR) is 86.9 cm³/mol. The third kappa shape index (κ3) is 3.06. The van der Waals surface area contributed by atoms with Crippen molar-refractivity contribution in [3.05, 3.63) is 60.2 Å². The molecule has 0 aliphatic carbocycles. The van der Waals surface area contributed by atoms with E-state index in [0.29, 0.717) is 5.95 Å². The second-order valence-corrected chi connectivity index (χ2v) is 5.33. The maximum Gasteiger partial charge on any atom is 0.201 e. The van der Waals surface area contributed by atoms with Crippen LogP contribution in [0.2, 0.25) is 0 Å². The molecule has 0 atom stereocenters. The van der Waals surface area contributed by atoms with Gasteiger partial charge in [-0.3, -0.25) is 0 Å². The zero-order chi connectivity index (χ0) is 14.7. The zero-order valence-electron chi connectivity index (χ0n) is 12.2. The maximum absolute atomic E-state index is 6.03. The fourth-order valence-electron chi connectivity index (χ4n) is 2.57. The number of anilines is 1. The van der Waals surface area contributed by atoms with Crippen LogP contribution in [0.25, 0.3) is 11.0 Å². The summed E-state index contributed by atoms with van der Waals surface area (Å²) in [5.41, 5.74) is 9.41. The van der Waals surface area contributed by atoms with Gasteiger partial charge in [-0.2, -0.15) is 0 Å². The summed E-state index contributed by atoms with van der Waals surface area (Å²) >= 11 is 0. The van der Waals surface area contributed by atoms with Gasteiger partial charge in [0.25, 0.3) is 0 Å². The van der Waals surface area contributed by atoms with Gasteiger partial charge in [0.05, 0.1) is 11.0 Å². The van der Waals surface area contributed by atoms with Gasteiger partial charge in [0.15, 0.2) is 0 Å². The Balaban J connectivity index is 1.67. The molecule has 0 amide bonds. The SMILES string of the molecule is CN(CCn1c(N)nc2ccccc21)Cc1ccccc1. The largest absolute Gasteiger partial charge is 0.369 e. The van der Waals surface area contributed by atoms with E-state index in [0.717, 1.165) is 30.7 Å². The number of nitrogens with zero attached hydrogens (tertiary/aromatic N) is 3. The molecule has 0 radical (unpaired) electrons. The van der Waals surface area contributed by atoms with Crippen LogP contribution in [0.15, 0.2) is 54.6 Å². The number of fused-ring (bicyclic) bond motifs is 1. The number of benzene rings is 2. The number of aromatic nitrogens is 2. The van der Waals surface area contributed by atoms with Crippen LogP contribution in [0.1, 0.15) is 5.56 Å². The van der Waals surface area contributed by atoms with Crippen molar-refractivity contribution < 1.29 is 0 Å². The molecule has 108 valence electrons. The molecule has 0 aliphatic heterocycles. The number of para-hydroxylation sites is 2. The van der Waals surface area contributed by atoms with E-state index in [1.54, 1.807) is 0 Å². The Bertz CT molecular complexity index is 718. The Labute approximate surface area is 124 Å². The van der Waals surface area contributed by atoms with Crippen LogP contribution >= 0.6 is 0 Å². The fourth-order valence-corrected chi connectivity index (χ4v) is 2.57.